The lowest BCUT2D eigenvalue weighted by atomic mass is 10.0. The molecule has 0 radical (unpaired) electrons. The maximum absolute atomic E-state index is 13.3. The van der Waals surface area contributed by atoms with Gasteiger partial charge in [-0.1, -0.05) is 25.1 Å². The Kier molecular flexibility index (Phi) is 6.32. The van der Waals surface area contributed by atoms with Crippen molar-refractivity contribution in [3.05, 3.63) is 71.0 Å². The molecule has 0 aliphatic carbocycles. The lowest BCUT2D eigenvalue weighted by molar-refractivity contribution is 0.0965. The van der Waals surface area contributed by atoms with Crippen molar-refractivity contribution in [1.82, 2.24) is 19.8 Å². The topological polar surface area (TPSA) is 87.5 Å². The Morgan fingerprint density at radius 2 is 1.88 bits per heavy atom. The molecule has 0 saturated carbocycles. The van der Waals surface area contributed by atoms with Crippen LogP contribution in [0.2, 0.25) is 0 Å². The molecule has 1 saturated heterocycles. The van der Waals surface area contributed by atoms with E-state index in [2.05, 4.69) is 21.8 Å². The number of halogens is 1. The summed E-state index contributed by atoms with van der Waals surface area (Å²) in [5, 5.41) is 13.5. The van der Waals surface area contributed by atoms with Crippen molar-refractivity contribution in [2.24, 2.45) is 0 Å². The number of nitrogens with zero attached hydrogens (tertiary/aromatic N) is 3. The number of fused-ring (bicyclic) bond motifs is 1. The zero-order chi connectivity index (χ0) is 22.7. The maximum atomic E-state index is 13.3. The number of hydrogen-bond acceptors (Lipinski definition) is 5. The predicted molar refractivity (Wildman–Crippen MR) is 121 cm³/mol. The fourth-order valence-electron chi connectivity index (χ4n) is 4.12. The largest absolute Gasteiger partial charge is 0.506 e. The summed E-state index contributed by atoms with van der Waals surface area (Å²) >= 11 is 0. The number of benzene rings is 1. The van der Waals surface area contributed by atoms with Crippen LogP contribution in [0.4, 0.5) is 4.39 Å². The molecule has 2 N–H and O–H groups in total. The van der Waals surface area contributed by atoms with Gasteiger partial charge in [0.05, 0.1) is 5.39 Å². The molecule has 1 amide bonds. The predicted octanol–water partition coefficient (Wildman–Crippen LogP) is 3.27. The van der Waals surface area contributed by atoms with E-state index in [0.717, 1.165) is 32.1 Å². The molecule has 0 bridgehead atoms. The maximum Gasteiger partial charge on any atom is 0.268 e. The van der Waals surface area contributed by atoms with E-state index in [1.807, 2.05) is 0 Å². The summed E-state index contributed by atoms with van der Waals surface area (Å²) in [4.78, 5) is 32.5. The lowest BCUT2D eigenvalue weighted by Gasteiger charge is -2.26. The third-order valence-electron chi connectivity index (χ3n) is 5.80. The average molecular weight is 436 g/mol. The quantitative estimate of drug-likeness (QED) is 0.619. The first-order chi connectivity index (χ1) is 15.5. The van der Waals surface area contributed by atoms with Gasteiger partial charge in [0.2, 0.25) is 0 Å². The van der Waals surface area contributed by atoms with Gasteiger partial charge in [0.25, 0.3) is 11.5 Å². The van der Waals surface area contributed by atoms with Crippen LogP contribution < -0.4 is 10.9 Å². The van der Waals surface area contributed by atoms with E-state index < -0.39 is 17.2 Å². The number of carbonyl (C=O) groups is 1. The van der Waals surface area contributed by atoms with Crippen LogP contribution in [0.5, 0.6) is 5.75 Å². The first-order valence-corrected chi connectivity index (χ1v) is 10.6. The minimum atomic E-state index is -0.733. The zero-order valence-corrected chi connectivity index (χ0v) is 17.7. The van der Waals surface area contributed by atoms with E-state index in [1.54, 1.807) is 24.4 Å². The second-order valence-corrected chi connectivity index (χ2v) is 7.86. The Balaban J connectivity index is 1.83. The van der Waals surface area contributed by atoms with Crippen LogP contribution in [-0.4, -0.2) is 45.1 Å². The number of amides is 1. The molecule has 7 nitrogen and oxygen atoms in total. The molecule has 3 aromatic rings. The fourth-order valence-corrected chi connectivity index (χ4v) is 4.12. The standard InChI is InChI=1S/C24H25FN4O3/c1-2-26-23(31)20-21(30)19-14-17(16-6-8-18(25)9-7-16)15-27-22(19)29(24(20)32)13-12-28-10-4-3-5-11-28/h2,6-9,14-15,30H,1,3-5,10-13H2,(H,26,31). The average Bonchev–Trinajstić information content (AvgIpc) is 2.80. The monoisotopic (exact) mass is 436 g/mol. The molecule has 4 rings (SSSR count). The molecule has 8 heteroatoms. The molecule has 3 heterocycles. The van der Waals surface area contributed by atoms with Crippen LogP contribution in [0.25, 0.3) is 22.2 Å². The number of likely N-dealkylation sites (tertiary alicyclic amines) is 1. The molecule has 1 fully saturated rings. The number of hydrogen-bond donors (Lipinski definition) is 2. The zero-order valence-electron chi connectivity index (χ0n) is 17.7. The molecular formula is C24H25FN4O3. The van der Waals surface area contributed by atoms with Crippen LogP contribution in [0, 0.1) is 5.82 Å². The highest BCUT2D eigenvalue weighted by Gasteiger charge is 2.23. The van der Waals surface area contributed by atoms with Crippen molar-refractivity contribution in [2.45, 2.75) is 25.8 Å². The molecule has 32 heavy (non-hydrogen) atoms. The van der Waals surface area contributed by atoms with E-state index in [1.165, 1.54) is 23.1 Å². The number of pyridine rings is 2. The van der Waals surface area contributed by atoms with Crippen molar-refractivity contribution in [1.29, 1.82) is 0 Å². The minimum absolute atomic E-state index is 0.277. The molecule has 0 atom stereocenters. The van der Waals surface area contributed by atoms with Gasteiger partial charge >= 0.3 is 0 Å². The Hall–Kier alpha value is -3.52. The van der Waals surface area contributed by atoms with Crippen molar-refractivity contribution in [3.8, 4) is 16.9 Å². The third kappa shape index (κ3) is 4.27. The first-order valence-electron chi connectivity index (χ1n) is 10.6. The molecule has 2 aromatic heterocycles. The summed E-state index contributed by atoms with van der Waals surface area (Å²) < 4.78 is 14.8. The van der Waals surface area contributed by atoms with Crippen LogP contribution in [0.1, 0.15) is 29.6 Å². The van der Waals surface area contributed by atoms with Gasteiger partial charge in [-0.05, 0) is 55.9 Å². The van der Waals surface area contributed by atoms with Gasteiger partial charge in [0.1, 0.15) is 22.8 Å². The molecule has 1 aliphatic rings. The summed E-state index contributed by atoms with van der Waals surface area (Å²) in [7, 11) is 0. The number of piperidine rings is 1. The number of aromatic hydroxyl groups is 1. The molecule has 0 unspecified atom stereocenters. The van der Waals surface area contributed by atoms with Gasteiger partial charge in [0.15, 0.2) is 0 Å². The second kappa shape index (κ2) is 9.32. The van der Waals surface area contributed by atoms with Gasteiger partial charge in [-0.3, -0.25) is 14.2 Å². The van der Waals surface area contributed by atoms with E-state index in [9.17, 15) is 19.1 Å². The molecule has 0 spiro atoms. The fraction of sp³-hybridized carbons (Fsp3) is 0.292. The second-order valence-electron chi connectivity index (χ2n) is 7.86. The van der Waals surface area contributed by atoms with Gasteiger partial charge < -0.3 is 15.3 Å². The highest BCUT2D eigenvalue weighted by molar-refractivity contribution is 6.02. The summed E-state index contributed by atoms with van der Waals surface area (Å²) in [6.07, 6.45) is 6.19. The van der Waals surface area contributed by atoms with Gasteiger partial charge in [-0.2, -0.15) is 0 Å². The molecule has 1 aromatic carbocycles. The Morgan fingerprint density at radius 1 is 1.16 bits per heavy atom. The summed E-state index contributed by atoms with van der Waals surface area (Å²) in [5.74, 6) is -1.53. The SMILES string of the molecule is C=CNC(=O)c1c(O)c2cc(-c3ccc(F)cc3)cnc2n(CCN2CCCCC2)c1=O. The summed E-state index contributed by atoms with van der Waals surface area (Å²) in [6, 6.07) is 7.54. The van der Waals surface area contributed by atoms with E-state index in [-0.39, 0.29) is 16.8 Å². The van der Waals surface area contributed by atoms with Crippen LogP contribution in [-0.2, 0) is 6.54 Å². The molecule has 166 valence electrons. The number of aromatic nitrogens is 2. The third-order valence-corrected chi connectivity index (χ3v) is 5.80. The number of rotatable bonds is 6. The minimum Gasteiger partial charge on any atom is -0.506 e. The van der Waals surface area contributed by atoms with E-state index in [0.29, 0.717) is 29.9 Å². The van der Waals surface area contributed by atoms with E-state index >= 15 is 0 Å². The van der Waals surface area contributed by atoms with Crippen molar-refractivity contribution in [2.75, 3.05) is 19.6 Å². The lowest BCUT2D eigenvalue weighted by Crippen LogP contribution is -2.37. The van der Waals surface area contributed by atoms with Crippen LogP contribution >= 0.6 is 0 Å². The Labute approximate surface area is 184 Å². The Morgan fingerprint density at radius 3 is 2.56 bits per heavy atom. The van der Waals surface area contributed by atoms with E-state index in [4.69, 9.17) is 0 Å². The smallest absolute Gasteiger partial charge is 0.268 e. The normalized spacial score (nSPS) is 14.4. The highest BCUT2D eigenvalue weighted by atomic mass is 19.1. The summed E-state index contributed by atoms with van der Waals surface area (Å²) in [6.45, 7) is 6.38. The Bertz CT molecular complexity index is 1210. The van der Waals surface area contributed by atoms with Crippen molar-refractivity contribution in [3.63, 3.8) is 0 Å². The molecule has 1 aliphatic heterocycles. The van der Waals surface area contributed by atoms with Gasteiger partial charge in [0, 0.05) is 24.8 Å². The van der Waals surface area contributed by atoms with Crippen LogP contribution in [0.15, 0.2) is 54.1 Å². The highest BCUT2D eigenvalue weighted by Crippen LogP contribution is 2.30. The van der Waals surface area contributed by atoms with Crippen molar-refractivity contribution < 1.29 is 14.3 Å². The van der Waals surface area contributed by atoms with Gasteiger partial charge in [-0.15, -0.1) is 0 Å². The van der Waals surface area contributed by atoms with Crippen molar-refractivity contribution >= 4 is 16.9 Å². The summed E-state index contributed by atoms with van der Waals surface area (Å²) in [5.41, 5.74) is 0.667. The number of nitrogens with one attached hydrogen (secondary N) is 1. The molecular weight excluding hydrogens is 411 g/mol. The first kappa shape index (κ1) is 21.7. The van der Waals surface area contributed by atoms with Crippen LogP contribution in [0.3, 0.4) is 0 Å². The van der Waals surface area contributed by atoms with Gasteiger partial charge in [-0.25, -0.2) is 9.37 Å². The number of carbonyl (C=O) groups excluding carboxylic acids is 1.